The summed E-state index contributed by atoms with van der Waals surface area (Å²) in [6, 6.07) is 15.7. The van der Waals surface area contributed by atoms with E-state index in [2.05, 4.69) is 31.7 Å². The first kappa shape index (κ1) is 16.3. The van der Waals surface area contributed by atoms with E-state index >= 15 is 0 Å². The van der Waals surface area contributed by atoms with Crippen molar-refractivity contribution in [3.63, 3.8) is 0 Å². The van der Waals surface area contributed by atoms with Gasteiger partial charge in [-0.05, 0) is 43.3 Å². The molecule has 4 rings (SSSR count). The van der Waals surface area contributed by atoms with E-state index in [1.54, 1.807) is 24.6 Å². The van der Waals surface area contributed by atoms with Crippen molar-refractivity contribution in [2.75, 3.05) is 17.7 Å². The highest BCUT2D eigenvalue weighted by Gasteiger charge is 2.08. The zero-order valence-corrected chi connectivity index (χ0v) is 15.2. The van der Waals surface area contributed by atoms with Crippen molar-refractivity contribution in [3.8, 4) is 5.75 Å². The van der Waals surface area contributed by atoms with Gasteiger partial charge in [0.1, 0.15) is 11.6 Å². The molecule has 26 heavy (non-hydrogen) atoms. The molecular weight excluding hydrogens is 346 g/mol. The van der Waals surface area contributed by atoms with Crippen LogP contribution in [0.15, 0.2) is 54.7 Å². The van der Waals surface area contributed by atoms with E-state index in [1.165, 1.54) is 0 Å². The Morgan fingerprint density at radius 2 is 1.77 bits per heavy atom. The number of nitrogens with one attached hydrogen (secondary N) is 2. The van der Waals surface area contributed by atoms with Gasteiger partial charge in [-0.2, -0.15) is 4.98 Å². The van der Waals surface area contributed by atoms with E-state index in [9.17, 15) is 0 Å². The second-order valence-corrected chi connectivity index (χ2v) is 6.72. The molecule has 0 spiro atoms. The van der Waals surface area contributed by atoms with E-state index in [1.807, 2.05) is 49.4 Å². The average Bonchev–Trinajstić information content (AvgIpc) is 3.07. The fourth-order valence-electron chi connectivity index (χ4n) is 2.46. The Balaban J connectivity index is 1.57. The highest BCUT2D eigenvalue weighted by atomic mass is 32.1. The van der Waals surface area contributed by atoms with Gasteiger partial charge >= 0.3 is 0 Å². The second kappa shape index (κ2) is 6.97. The van der Waals surface area contributed by atoms with E-state index in [0.717, 1.165) is 38.2 Å². The van der Waals surface area contributed by atoms with Gasteiger partial charge in [0.2, 0.25) is 5.95 Å². The Morgan fingerprint density at radius 1 is 0.962 bits per heavy atom. The number of anilines is 4. The normalized spacial score (nSPS) is 10.7. The number of methoxy groups -OCH3 is 1. The van der Waals surface area contributed by atoms with Gasteiger partial charge in [0.05, 0.1) is 17.3 Å². The van der Waals surface area contributed by atoms with Crippen molar-refractivity contribution in [3.05, 3.63) is 60.3 Å². The lowest BCUT2D eigenvalue weighted by Gasteiger charge is -2.09. The zero-order valence-electron chi connectivity index (χ0n) is 14.4. The van der Waals surface area contributed by atoms with Crippen molar-refractivity contribution < 1.29 is 4.74 Å². The van der Waals surface area contributed by atoms with Crippen LogP contribution in [0.2, 0.25) is 0 Å². The van der Waals surface area contributed by atoms with Gasteiger partial charge in [0.15, 0.2) is 5.13 Å². The van der Waals surface area contributed by atoms with E-state index in [0.29, 0.717) is 5.95 Å². The van der Waals surface area contributed by atoms with Crippen LogP contribution in [-0.2, 0) is 0 Å². The summed E-state index contributed by atoms with van der Waals surface area (Å²) in [5.41, 5.74) is 2.81. The molecule has 0 bridgehead atoms. The van der Waals surface area contributed by atoms with Crippen LogP contribution in [0.25, 0.3) is 10.2 Å². The molecule has 0 fully saturated rings. The molecule has 0 aliphatic carbocycles. The molecule has 130 valence electrons. The number of hydrogen-bond donors (Lipinski definition) is 2. The van der Waals surface area contributed by atoms with Crippen LogP contribution in [0.3, 0.4) is 0 Å². The molecule has 2 heterocycles. The second-order valence-electron chi connectivity index (χ2n) is 5.69. The summed E-state index contributed by atoms with van der Waals surface area (Å²) in [4.78, 5) is 13.5. The lowest BCUT2D eigenvalue weighted by Crippen LogP contribution is -2.02. The molecule has 0 radical (unpaired) electrons. The minimum absolute atomic E-state index is 0.518. The summed E-state index contributed by atoms with van der Waals surface area (Å²) >= 11 is 1.60. The number of aryl methyl sites for hydroxylation is 1. The summed E-state index contributed by atoms with van der Waals surface area (Å²) in [5, 5.41) is 7.31. The lowest BCUT2D eigenvalue weighted by molar-refractivity contribution is 0.415. The summed E-state index contributed by atoms with van der Waals surface area (Å²) < 4.78 is 6.31. The first-order valence-electron chi connectivity index (χ1n) is 8.08. The monoisotopic (exact) mass is 363 g/mol. The maximum Gasteiger partial charge on any atom is 0.229 e. The molecule has 0 amide bonds. The smallest absolute Gasteiger partial charge is 0.229 e. The van der Waals surface area contributed by atoms with Gasteiger partial charge in [-0.1, -0.05) is 23.5 Å². The van der Waals surface area contributed by atoms with Gasteiger partial charge in [-0.25, -0.2) is 9.97 Å². The minimum Gasteiger partial charge on any atom is -0.497 e. The SMILES string of the molecule is COc1ccc(Nc2ncc(C)c(Nc3nc4ccccc4s3)n2)cc1. The minimum atomic E-state index is 0.518. The fraction of sp³-hybridized carbons (Fsp3) is 0.105. The summed E-state index contributed by atoms with van der Waals surface area (Å²) in [6.45, 7) is 1.97. The Kier molecular flexibility index (Phi) is 4.37. The number of para-hydroxylation sites is 1. The number of thiazole rings is 1. The van der Waals surface area contributed by atoms with Crippen LogP contribution in [0.5, 0.6) is 5.75 Å². The number of nitrogens with zero attached hydrogens (tertiary/aromatic N) is 3. The van der Waals surface area contributed by atoms with E-state index in [-0.39, 0.29) is 0 Å². The number of fused-ring (bicyclic) bond motifs is 1. The van der Waals surface area contributed by atoms with Gasteiger partial charge < -0.3 is 15.4 Å². The summed E-state index contributed by atoms with van der Waals surface area (Å²) in [5.74, 6) is 2.05. The maximum atomic E-state index is 5.17. The van der Waals surface area contributed by atoms with Crippen LogP contribution in [0.1, 0.15) is 5.56 Å². The van der Waals surface area contributed by atoms with Crippen LogP contribution >= 0.6 is 11.3 Å². The Hall–Kier alpha value is -3.19. The van der Waals surface area contributed by atoms with Gasteiger partial charge in [-0.15, -0.1) is 0 Å². The first-order chi connectivity index (χ1) is 12.7. The maximum absolute atomic E-state index is 5.17. The standard InChI is InChI=1S/C19H17N5OS/c1-12-11-20-18(21-13-7-9-14(25-2)10-8-13)23-17(12)24-19-22-15-5-3-4-6-16(15)26-19/h3-11H,1-2H3,(H2,20,21,22,23,24). The Bertz CT molecular complexity index is 1010. The first-order valence-corrected chi connectivity index (χ1v) is 8.90. The summed E-state index contributed by atoms with van der Waals surface area (Å²) in [7, 11) is 1.64. The molecule has 4 aromatic rings. The van der Waals surface area contributed by atoms with Crippen LogP contribution in [0.4, 0.5) is 22.6 Å². The Morgan fingerprint density at radius 3 is 2.54 bits per heavy atom. The van der Waals surface area contributed by atoms with Crippen molar-refractivity contribution >= 4 is 44.1 Å². The number of ether oxygens (including phenoxy) is 1. The number of rotatable bonds is 5. The fourth-order valence-corrected chi connectivity index (χ4v) is 3.32. The summed E-state index contributed by atoms with van der Waals surface area (Å²) in [6.07, 6.45) is 1.79. The average molecular weight is 363 g/mol. The molecule has 0 atom stereocenters. The highest BCUT2D eigenvalue weighted by Crippen LogP contribution is 2.29. The lowest BCUT2D eigenvalue weighted by atomic mass is 10.3. The van der Waals surface area contributed by atoms with Crippen LogP contribution < -0.4 is 15.4 Å². The van der Waals surface area contributed by atoms with Crippen LogP contribution in [-0.4, -0.2) is 22.1 Å². The Labute approximate surface area is 154 Å². The van der Waals surface area contributed by atoms with Gasteiger partial charge in [-0.3, -0.25) is 0 Å². The van der Waals surface area contributed by atoms with Gasteiger partial charge in [0.25, 0.3) is 0 Å². The van der Waals surface area contributed by atoms with E-state index in [4.69, 9.17) is 4.74 Å². The predicted molar refractivity (Wildman–Crippen MR) is 106 cm³/mol. The van der Waals surface area contributed by atoms with Crippen molar-refractivity contribution in [2.24, 2.45) is 0 Å². The largest absolute Gasteiger partial charge is 0.497 e. The molecule has 2 aromatic carbocycles. The number of hydrogen-bond acceptors (Lipinski definition) is 7. The third-order valence-electron chi connectivity index (χ3n) is 3.84. The molecule has 0 aliphatic heterocycles. The third kappa shape index (κ3) is 3.43. The molecule has 2 N–H and O–H groups in total. The zero-order chi connectivity index (χ0) is 17.9. The molecule has 0 saturated heterocycles. The number of aromatic nitrogens is 3. The quantitative estimate of drug-likeness (QED) is 0.526. The van der Waals surface area contributed by atoms with E-state index < -0.39 is 0 Å². The molecular formula is C19H17N5OS. The molecule has 0 saturated carbocycles. The number of benzene rings is 2. The third-order valence-corrected chi connectivity index (χ3v) is 4.79. The molecule has 0 unspecified atom stereocenters. The topological polar surface area (TPSA) is 72.0 Å². The van der Waals surface area contributed by atoms with Crippen LogP contribution in [0, 0.1) is 6.92 Å². The van der Waals surface area contributed by atoms with Crippen molar-refractivity contribution in [1.29, 1.82) is 0 Å². The molecule has 6 nitrogen and oxygen atoms in total. The van der Waals surface area contributed by atoms with Crippen molar-refractivity contribution in [2.45, 2.75) is 6.92 Å². The highest BCUT2D eigenvalue weighted by molar-refractivity contribution is 7.22. The molecule has 0 aliphatic rings. The molecule has 2 aromatic heterocycles. The van der Waals surface area contributed by atoms with Gasteiger partial charge in [0, 0.05) is 17.4 Å². The van der Waals surface area contributed by atoms with Crippen molar-refractivity contribution in [1.82, 2.24) is 15.0 Å². The predicted octanol–water partition coefficient (Wildman–Crippen LogP) is 4.89. The molecule has 7 heteroatoms.